The first-order chi connectivity index (χ1) is 16.4. The lowest BCUT2D eigenvalue weighted by molar-refractivity contribution is -0.145. The molecular formula is C26H38N4O4. The third-order valence-corrected chi connectivity index (χ3v) is 8.90. The molecule has 2 aliphatic heterocycles. The molecule has 2 atom stereocenters. The number of carbonyl (C=O) groups is 2. The van der Waals surface area contributed by atoms with E-state index in [2.05, 4.69) is 45.8 Å². The number of hydrogen-bond acceptors (Lipinski definition) is 7. The number of aliphatic hydroxyl groups is 1. The molecule has 0 aromatic heterocycles. The molecule has 1 aromatic carbocycles. The molecule has 1 spiro atoms. The average Bonchev–Trinajstić information content (AvgIpc) is 3.23. The SMILES string of the molecule is CNC1(c2ccccc2)CCC2(CC1)C[C@@H](C(CC1(O)CCC1)C(=O)C(=O)NC1COC1)NN2. The monoisotopic (exact) mass is 470 g/mol. The van der Waals surface area contributed by atoms with Crippen LogP contribution >= 0.6 is 0 Å². The summed E-state index contributed by atoms with van der Waals surface area (Å²) in [5.41, 5.74) is 7.23. The van der Waals surface area contributed by atoms with Crippen molar-refractivity contribution in [2.24, 2.45) is 5.92 Å². The van der Waals surface area contributed by atoms with Gasteiger partial charge in [0.2, 0.25) is 5.78 Å². The molecule has 2 saturated heterocycles. The van der Waals surface area contributed by atoms with Gasteiger partial charge in [0.1, 0.15) is 0 Å². The second kappa shape index (κ2) is 9.32. The predicted molar refractivity (Wildman–Crippen MR) is 128 cm³/mol. The lowest BCUT2D eigenvalue weighted by atomic mass is 9.66. The smallest absolute Gasteiger partial charge is 0.288 e. The van der Waals surface area contributed by atoms with Crippen molar-refractivity contribution in [3.8, 4) is 0 Å². The van der Waals surface area contributed by atoms with Crippen molar-refractivity contribution in [1.29, 1.82) is 0 Å². The predicted octanol–water partition coefficient (Wildman–Crippen LogP) is 1.29. The Bertz CT molecular complexity index is 891. The molecule has 1 unspecified atom stereocenters. The highest BCUT2D eigenvalue weighted by Crippen LogP contribution is 2.46. The quantitative estimate of drug-likeness (QED) is 0.364. The van der Waals surface area contributed by atoms with E-state index in [-0.39, 0.29) is 23.2 Å². The molecule has 1 aromatic rings. The maximum Gasteiger partial charge on any atom is 0.288 e. The number of Topliss-reactive ketones (excluding diaryl/α,β-unsaturated/α-hetero) is 1. The fourth-order valence-corrected chi connectivity index (χ4v) is 6.30. The highest BCUT2D eigenvalue weighted by molar-refractivity contribution is 6.37. The Balaban J connectivity index is 1.27. The van der Waals surface area contributed by atoms with E-state index in [1.54, 1.807) is 0 Å². The number of nitrogens with one attached hydrogen (secondary N) is 4. The zero-order valence-electron chi connectivity index (χ0n) is 20.1. The van der Waals surface area contributed by atoms with Crippen LogP contribution < -0.4 is 21.5 Å². The van der Waals surface area contributed by atoms with E-state index >= 15 is 0 Å². The minimum Gasteiger partial charge on any atom is -0.390 e. The number of amides is 1. The van der Waals surface area contributed by atoms with Gasteiger partial charge in [0.05, 0.1) is 24.9 Å². The summed E-state index contributed by atoms with van der Waals surface area (Å²) in [6.07, 6.45) is 7.36. The van der Waals surface area contributed by atoms with Crippen molar-refractivity contribution in [3.63, 3.8) is 0 Å². The Morgan fingerprint density at radius 1 is 1.12 bits per heavy atom. The van der Waals surface area contributed by atoms with Crippen LogP contribution in [0.3, 0.4) is 0 Å². The summed E-state index contributed by atoms with van der Waals surface area (Å²) < 4.78 is 5.12. The molecular weight excluding hydrogens is 432 g/mol. The van der Waals surface area contributed by atoms with E-state index < -0.39 is 23.2 Å². The first-order valence-corrected chi connectivity index (χ1v) is 12.8. The first kappa shape index (κ1) is 23.9. The molecule has 0 bridgehead atoms. The summed E-state index contributed by atoms with van der Waals surface area (Å²) in [5, 5.41) is 17.3. The van der Waals surface area contributed by atoms with Crippen LogP contribution in [0.1, 0.15) is 63.4 Å². The van der Waals surface area contributed by atoms with Crippen molar-refractivity contribution in [2.45, 2.75) is 86.5 Å². The van der Waals surface area contributed by atoms with E-state index in [9.17, 15) is 14.7 Å². The van der Waals surface area contributed by atoms with E-state index in [4.69, 9.17) is 4.74 Å². The summed E-state index contributed by atoms with van der Waals surface area (Å²) in [7, 11) is 2.04. The maximum absolute atomic E-state index is 13.3. The Hall–Kier alpha value is -1.84. The summed E-state index contributed by atoms with van der Waals surface area (Å²) in [4.78, 5) is 26.0. The van der Waals surface area contributed by atoms with Crippen molar-refractivity contribution >= 4 is 11.7 Å². The van der Waals surface area contributed by atoms with Gasteiger partial charge in [-0.05, 0) is 70.4 Å². The zero-order valence-corrected chi connectivity index (χ0v) is 20.1. The van der Waals surface area contributed by atoms with Gasteiger partial charge in [-0.3, -0.25) is 20.4 Å². The molecule has 5 N–H and O–H groups in total. The van der Waals surface area contributed by atoms with Crippen LogP contribution in [0.2, 0.25) is 0 Å². The summed E-state index contributed by atoms with van der Waals surface area (Å²) in [5.74, 6) is -1.53. The molecule has 186 valence electrons. The lowest BCUT2D eigenvalue weighted by Gasteiger charge is -2.45. The minimum absolute atomic E-state index is 0.0483. The van der Waals surface area contributed by atoms with Crippen molar-refractivity contribution < 1.29 is 19.4 Å². The van der Waals surface area contributed by atoms with E-state index in [1.807, 2.05) is 13.1 Å². The van der Waals surface area contributed by atoms with Crippen LogP contribution in [0.25, 0.3) is 0 Å². The molecule has 0 radical (unpaired) electrons. The topological polar surface area (TPSA) is 112 Å². The fraction of sp³-hybridized carbons (Fsp3) is 0.692. The first-order valence-electron chi connectivity index (χ1n) is 12.8. The van der Waals surface area contributed by atoms with Crippen LogP contribution in [-0.4, -0.2) is 60.3 Å². The van der Waals surface area contributed by atoms with E-state index in [0.717, 1.165) is 38.5 Å². The summed E-state index contributed by atoms with van der Waals surface area (Å²) >= 11 is 0. The van der Waals surface area contributed by atoms with Crippen molar-refractivity contribution in [1.82, 2.24) is 21.5 Å². The number of ketones is 1. The van der Waals surface area contributed by atoms with Crippen molar-refractivity contribution in [3.05, 3.63) is 35.9 Å². The zero-order chi connectivity index (χ0) is 23.8. The molecule has 34 heavy (non-hydrogen) atoms. The molecule has 4 fully saturated rings. The largest absolute Gasteiger partial charge is 0.390 e. The molecule has 8 heteroatoms. The third kappa shape index (κ3) is 4.54. The number of rotatable bonds is 8. The molecule has 2 saturated carbocycles. The number of ether oxygens (including phenoxy) is 1. The van der Waals surface area contributed by atoms with Crippen LogP contribution in [0, 0.1) is 5.92 Å². The minimum atomic E-state index is -0.835. The van der Waals surface area contributed by atoms with Gasteiger partial charge in [-0.1, -0.05) is 30.3 Å². The molecule has 5 rings (SSSR count). The van der Waals surface area contributed by atoms with Gasteiger partial charge >= 0.3 is 0 Å². The molecule has 4 aliphatic rings. The number of hydrazine groups is 1. The number of carbonyl (C=O) groups excluding carboxylic acids is 2. The Morgan fingerprint density at radius 2 is 1.82 bits per heavy atom. The van der Waals surface area contributed by atoms with Gasteiger partial charge in [-0.25, -0.2) is 0 Å². The van der Waals surface area contributed by atoms with Gasteiger partial charge in [-0.15, -0.1) is 0 Å². The average molecular weight is 471 g/mol. The number of hydrogen-bond donors (Lipinski definition) is 5. The maximum atomic E-state index is 13.3. The molecule has 2 aliphatic carbocycles. The number of benzene rings is 1. The van der Waals surface area contributed by atoms with Gasteiger partial charge in [-0.2, -0.15) is 0 Å². The van der Waals surface area contributed by atoms with Gasteiger partial charge in [0.25, 0.3) is 5.91 Å². The summed E-state index contributed by atoms with van der Waals surface area (Å²) in [6.45, 7) is 0.906. The normalized spacial score (nSPS) is 33.6. The van der Waals surface area contributed by atoms with E-state index in [0.29, 0.717) is 32.5 Å². The Kier molecular flexibility index (Phi) is 6.54. The van der Waals surface area contributed by atoms with Crippen LogP contribution in [0.15, 0.2) is 30.3 Å². The second-order valence-electron chi connectivity index (χ2n) is 11.0. The van der Waals surface area contributed by atoms with Gasteiger partial charge in [0, 0.05) is 23.0 Å². The third-order valence-electron chi connectivity index (χ3n) is 8.90. The van der Waals surface area contributed by atoms with Crippen LogP contribution in [-0.2, 0) is 19.9 Å². The molecule has 1 amide bonds. The molecule has 2 heterocycles. The fourth-order valence-electron chi connectivity index (χ4n) is 6.30. The van der Waals surface area contributed by atoms with Crippen molar-refractivity contribution in [2.75, 3.05) is 20.3 Å². The van der Waals surface area contributed by atoms with Crippen LogP contribution in [0.4, 0.5) is 0 Å². The van der Waals surface area contributed by atoms with Gasteiger partial charge < -0.3 is 20.5 Å². The van der Waals surface area contributed by atoms with E-state index in [1.165, 1.54) is 5.56 Å². The molecule has 8 nitrogen and oxygen atoms in total. The lowest BCUT2D eigenvalue weighted by Crippen LogP contribution is -2.54. The Labute approximate surface area is 201 Å². The van der Waals surface area contributed by atoms with Crippen LogP contribution in [0.5, 0.6) is 0 Å². The Morgan fingerprint density at radius 3 is 2.38 bits per heavy atom. The standard InChI is InChI=1S/C26H38N4O4/c1-27-26(18-6-3-2-4-7-18)12-10-24(11-13-26)15-21(29-30-24)20(14-25(33)8-5-9-25)22(31)23(32)28-19-16-34-17-19/h2-4,6-7,19-21,27,29-30,33H,5,8-17H2,1H3,(H,28,32)/t20?,21-,24?,26?/m0/s1. The second-order valence-corrected chi connectivity index (χ2v) is 11.0. The van der Waals surface area contributed by atoms with Gasteiger partial charge in [0.15, 0.2) is 0 Å². The highest BCUT2D eigenvalue weighted by Gasteiger charge is 2.51. The summed E-state index contributed by atoms with van der Waals surface area (Å²) in [6, 6.07) is 10.3. The highest BCUT2D eigenvalue weighted by atomic mass is 16.5.